The number of halogens is 4. The second-order valence-electron chi connectivity index (χ2n) is 3.44. The van der Waals surface area contributed by atoms with Crippen LogP contribution in [-0.4, -0.2) is 21.9 Å². The van der Waals surface area contributed by atoms with E-state index in [-0.39, 0.29) is 0 Å². The predicted molar refractivity (Wildman–Crippen MR) is 62.5 cm³/mol. The molecule has 1 unspecified atom stereocenters. The zero-order chi connectivity index (χ0) is 14.8. The number of benzene rings is 1. The third-order valence-electron chi connectivity index (χ3n) is 2.03. The number of hydrogen-bond donors (Lipinski definition) is 0. The second kappa shape index (κ2) is 5.55. The van der Waals surface area contributed by atoms with E-state index in [0.29, 0.717) is 0 Å². The topological polar surface area (TPSA) is 69.4 Å². The molecule has 1 aromatic rings. The molecule has 0 amide bonds. The summed E-state index contributed by atoms with van der Waals surface area (Å²) in [5.74, 6) is -1.73. The van der Waals surface area contributed by atoms with E-state index >= 15 is 0 Å². The number of ether oxygens (including phenoxy) is 1. The minimum atomic E-state index is -5.08. The van der Waals surface area contributed by atoms with Gasteiger partial charge in [0.2, 0.25) is 5.75 Å². The second-order valence-corrected chi connectivity index (χ2v) is 4.81. The molecule has 1 aromatic carbocycles. The Hall–Kier alpha value is -1.64. The van der Waals surface area contributed by atoms with Crippen molar-refractivity contribution in [3.8, 4) is 5.75 Å². The van der Waals surface area contributed by atoms with Crippen molar-refractivity contribution in [2.75, 3.05) is 0 Å². The molecule has 0 heterocycles. The summed E-state index contributed by atoms with van der Waals surface area (Å²) >= 11 is 2.91. The third-order valence-corrected chi connectivity index (χ3v) is 2.45. The number of carbonyl (C=O) groups is 1. The Balaban J connectivity index is 3.38. The van der Waals surface area contributed by atoms with Gasteiger partial charge in [0.15, 0.2) is 5.78 Å². The Morgan fingerprint density at radius 2 is 2.05 bits per heavy atom. The minimum Gasteiger partial charge on any atom is -0.398 e. The van der Waals surface area contributed by atoms with E-state index in [1.54, 1.807) is 0 Å². The Kier molecular flexibility index (Phi) is 4.51. The van der Waals surface area contributed by atoms with Crippen molar-refractivity contribution in [1.82, 2.24) is 0 Å². The molecule has 0 bridgehead atoms. The van der Waals surface area contributed by atoms with Gasteiger partial charge in [0, 0.05) is 0 Å². The lowest BCUT2D eigenvalue weighted by Crippen LogP contribution is -2.19. The van der Waals surface area contributed by atoms with Crippen molar-refractivity contribution in [2.24, 2.45) is 0 Å². The van der Waals surface area contributed by atoms with E-state index in [1.165, 1.54) is 6.92 Å². The van der Waals surface area contributed by atoms with Crippen LogP contribution in [0.4, 0.5) is 18.9 Å². The zero-order valence-electron chi connectivity index (χ0n) is 9.40. The van der Waals surface area contributed by atoms with Gasteiger partial charge in [-0.15, -0.1) is 13.2 Å². The van der Waals surface area contributed by atoms with Crippen LogP contribution in [0.1, 0.15) is 17.3 Å². The van der Waals surface area contributed by atoms with Crippen LogP contribution in [0.2, 0.25) is 0 Å². The number of hydrogen-bond acceptors (Lipinski definition) is 4. The highest BCUT2D eigenvalue weighted by atomic mass is 79.9. The Morgan fingerprint density at radius 1 is 1.47 bits per heavy atom. The van der Waals surface area contributed by atoms with Gasteiger partial charge in [0.05, 0.1) is 9.75 Å². The van der Waals surface area contributed by atoms with Gasteiger partial charge in [-0.3, -0.25) is 14.9 Å². The molecule has 0 aliphatic heterocycles. The molecule has 0 N–H and O–H groups in total. The van der Waals surface area contributed by atoms with Crippen LogP contribution < -0.4 is 4.74 Å². The summed E-state index contributed by atoms with van der Waals surface area (Å²) in [7, 11) is 0. The largest absolute Gasteiger partial charge is 0.573 e. The number of nitro benzene ring substituents is 1. The lowest BCUT2D eigenvalue weighted by atomic mass is 10.1. The van der Waals surface area contributed by atoms with Crippen LogP contribution in [0, 0.1) is 10.1 Å². The van der Waals surface area contributed by atoms with E-state index in [1.807, 2.05) is 0 Å². The maximum atomic E-state index is 12.1. The molecular weight excluding hydrogens is 335 g/mol. The van der Waals surface area contributed by atoms with Gasteiger partial charge in [-0.1, -0.05) is 22.0 Å². The first-order valence-corrected chi connectivity index (χ1v) is 5.76. The molecule has 19 heavy (non-hydrogen) atoms. The van der Waals surface area contributed by atoms with Crippen molar-refractivity contribution in [3.63, 3.8) is 0 Å². The van der Waals surface area contributed by atoms with Gasteiger partial charge in [-0.05, 0) is 19.1 Å². The number of alkyl halides is 4. The molecule has 0 spiro atoms. The number of rotatable bonds is 4. The summed E-state index contributed by atoms with van der Waals surface area (Å²) in [6, 6.07) is 2.93. The molecule has 0 aromatic heterocycles. The maximum Gasteiger partial charge on any atom is 0.573 e. The van der Waals surface area contributed by atoms with Crippen molar-refractivity contribution in [2.45, 2.75) is 18.1 Å². The number of ketones is 1. The van der Waals surface area contributed by atoms with E-state index in [4.69, 9.17) is 0 Å². The molecule has 0 saturated heterocycles. The van der Waals surface area contributed by atoms with E-state index in [0.717, 1.165) is 18.2 Å². The van der Waals surface area contributed by atoms with Crippen molar-refractivity contribution >= 4 is 27.4 Å². The lowest BCUT2D eigenvalue weighted by Gasteiger charge is -2.11. The average Bonchev–Trinajstić information content (AvgIpc) is 2.24. The number of carbonyl (C=O) groups excluding carboxylic acids is 1. The molecule has 1 rings (SSSR count). The van der Waals surface area contributed by atoms with Gasteiger partial charge in [-0.2, -0.15) is 0 Å². The SMILES string of the molecule is CC(Br)C(=O)c1cccc(OC(F)(F)F)c1[N+](=O)[O-]. The van der Waals surface area contributed by atoms with Crippen molar-refractivity contribution in [3.05, 3.63) is 33.9 Å². The summed E-state index contributed by atoms with van der Waals surface area (Å²) in [5, 5.41) is 10.8. The quantitative estimate of drug-likeness (QED) is 0.364. The van der Waals surface area contributed by atoms with E-state index in [2.05, 4.69) is 20.7 Å². The minimum absolute atomic E-state index is 0.448. The molecule has 104 valence electrons. The monoisotopic (exact) mass is 341 g/mol. The fourth-order valence-corrected chi connectivity index (χ4v) is 1.58. The van der Waals surface area contributed by atoms with E-state index in [9.17, 15) is 28.1 Å². The normalized spacial score (nSPS) is 12.9. The molecule has 1 atom stereocenters. The first kappa shape index (κ1) is 15.4. The first-order valence-electron chi connectivity index (χ1n) is 4.85. The zero-order valence-corrected chi connectivity index (χ0v) is 11.0. The highest BCUT2D eigenvalue weighted by Crippen LogP contribution is 2.35. The predicted octanol–water partition coefficient (Wildman–Crippen LogP) is 3.46. The number of para-hydroxylation sites is 1. The molecule has 9 heteroatoms. The molecule has 0 fully saturated rings. The molecule has 0 saturated carbocycles. The smallest absolute Gasteiger partial charge is 0.398 e. The van der Waals surface area contributed by atoms with Crippen LogP contribution in [-0.2, 0) is 0 Å². The summed E-state index contributed by atoms with van der Waals surface area (Å²) in [6.45, 7) is 1.41. The summed E-state index contributed by atoms with van der Waals surface area (Å²) < 4.78 is 40.0. The maximum absolute atomic E-state index is 12.1. The van der Waals surface area contributed by atoms with Gasteiger partial charge in [0.25, 0.3) is 0 Å². The summed E-state index contributed by atoms with van der Waals surface area (Å²) in [4.78, 5) is 20.7. The van der Waals surface area contributed by atoms with Gasteiger partial charge < -0.3 is 4.74 Å². The van der Waals surface area contributed by atoms with E-state index < -0.39 is 38.9 Å². The standard InChI is InChI=1S/C10H7BrF3NO4/c1-5(11)9(16)6-3-2-4-7(8(6)15(17)18)19-10(12,13)14/h2-5H,1H3. The third kappa shape index (κ3) is 3.91. The molecule has 5 nitrogen and oxygen atoms in total. The van der Waals surface area contributed by atoms with Gasteiger partial charge in [-0.25, -0.2) is 0 Å². The molecule has 0 aliphatic carbocycles. The molecule has 0 aliphatic rings. The van der Waals surface area contributed by atoms with Crippen LogP contribution in [0.5, 0.6) is 5.75 Å². The fourth-order valence-electron chi connectivity index (χ4n) is 1.33. The summed E-state index contributed by atoms with van der Waals surface area (Å²) in [6.07, 6.45) is -5.08. The first-order chi connectivity index (χ1) is 8.63. The molecular formula is C10H7BrF3NO4. The van der Waals surface area contributed by atoms with Crippen LogP contribution in [0.15, 0.2) is 18.2 Å². The van der Waals surface area contributed by atoms with Crippen LogP contribution in [0.25, 0.3) is 0 Å². The number of nitro groups is 1. The Morgan fingerprint density at radius 3 is 2.47 bits per heavy atom. The number of Topliss-reactive ketones (excluding diaryl/α,β-unsaturated/α-hetero) is 1. The lowest BCUT2D eigenvalue weighted by molar-refractivity contribution is -0.388. The van der Waals surface area contributed by atoms with Gasteiger partial charge in [0.1, 0.15) is 5.56 Å². The molecule has 0 radical (unpaired) electrons. The van der Waals surface area contributed by atoms with Crippen LogP contribution >= 0.6 is 15.9 Å². The average molecular weight is 342 g/mol. The highest BCUT2D eigenvalue weighted by molar-refractivity contribution is 9.10. The summed E-state index contributed by atoms with van der Waals surface area (Å²) in [5.41, 5.74) is -1.45. The van der Waals surface area contributed by atoms with Crippen molar-refractivity contribution in [1.29, 1.82) is 0 Å². The highest BCUT2D eigenvalue weighted by Gasteiger charge is 2.36. The van der Waals surface area contributed by atoms with Gasteiger partial charge >= 0.3 is 12.0 Å². The Bertz CT molecular complexity index is 516. The van der Waals surface area contributed by atoms with Crippen LogP contribution in [0.3, 0.4) is 0 Å². The Labute approximate surface area is 113 Å². The fraction of sp³-hybridized carbons (Fsp3) is 0.300. The van der Waals surface area contributed by atoms with Crippen molar-refractivity contribution < 1.29 is 27.6 Å². The number of nitrogens with zero attached hydrogens (tertiary/aromatic N) is 1.